The van der Waals surface area contributed by atoms with Gasteiger partial charge in [-0.25, -0.2) is 0 Å². The number of hydrogen-bond acceptors (Lipinski definition) is 2. The van der Waals surface area contributed by atoms with Crippen molar-refractivity contribution < 1.29 is 0 Å². The van der Waals surface area contributed by atoms with Gasteiger partial charge in [-0.3, -0.25) is 0 Å². The van der Waals surface area contributed by atoms with E-state index in [9.17, 15) is 0 Å². The van der Waals surface area contributed by atoms with Gasteiger partial charge >= 0.3 is 0 Å². The second-order valence-corrected chi connectivity index (χ2v) is 3.26. The van der Waals surface area contributed by atoms with E-state index in [0.717, 1.165) is 5.56 Å². The number of hydrogen-bond donors (Lipinski definition) is 2. The summed E-state index contributed by atoms with van der Waals surface area (Å²) >= 11 is 0. The molecule has 0 bridgehead atoms. The minimum absolute atomic E-state index is 0.0244. The average molecular weight is 164 g/mol. The van der Waals surface area contributed by atoms with Crippen molar-refractivity contribution >= 4 is 0 Å². The maximum Gasteiger partial charge on any atom is 0.0419 e. The Kier molecular flexibility index (Phi) is 2.84. The molecule has 12 heavy (non-hydrogen) atoms. The Bertz CT molecular complexity index is 248. The number of aryl methyl sites for hydroxylation is 2. The molecule has 1 aromatic rings. The van der Waals surface area contributed by atoms with E-state index in [1.54, 1.807) is 0 Å². The van der Waals surface area contributed by atoms with Crippen molar-refractivity contribution in [3.05, 3.63) is 34.9 Å². The normalized spacial score (nSPS) is 13.0. The predicted octanol–water partition coefficient (Wildman–Crippen LogP) is 1.26. The standard InChI is InChI=1S/C10H16N2/c1-7-3-8(2)5-9(4-7)10(12)6-11/h3-5,10H,6,11-12H2,1-2H3/t10-/m0/s1. The predicted molar refractivity (Wildman–Crippen MR) is 51.9 cm³/mol. The third-order valence-electron chi connectivity index (χ3n) is 1.93. The molecular weight excluding hydrogens is 148 g/mol. The lowest BCUT2D eigenvalue weighted by molar-refractivity contribution is 0.735. The maximum atomic E-state index is 5.81. The minimum Gasteiger partial charge on any atom is -0.329 e. The van der Waals surface area contributed by atoms with E-state index in [1.165, 1.54) is 11.1 Å². The van der Waals surface area contributed by atoms with E-state index in [2.05, 4.69) is 32.0 Å². The summed E-state index contributed by atoms with van der Waals surface area (Å²) in [6.07, 6.45) is 0. The summed E-state index contributed by atoms with van der Waals surface area (Å²) in [5, 5.41) is 0. The van der Waals surface area contributed by atoms with Crippen molar-refractivity contribution in [2.24, 2.45) is 11.5 Å². The molecule has 2 heteroatoms. The highest BCUT2D eigenvalue weighted by molar-refractivity contribution is 5.30. The van der Waals surface area contributed by atoms with Crippen LogP contribution in [-0.2, 0) is 0 Å². The molecule has 0 aliphatic carbocycles. The average Bonchev–Trinajstić information content (AvgIpc) is 2.01. The van der Waals surface area contributed by atoms with Crippen LogP contribution in [-0.4, -0.2) is 6.54 Å². The SMILES string of the molecule is Cc1cc(C)cc([C@@H](N)CN)c1. The van der Waals surface area contributed by atoms with Gasteiger partial charge in [0.1, 0.15) is 0 Å². The number of nitrogens with two attached hydrogens (primary N) is 2. The van der Waals surface area contributed by atoms with Crippen LogP contribution in [0.3, 0.4) is 0 Å². The van der Waals surface area contributed by atoms with Crippen molar-refractivity contribution in [1.29, 1.82) is 0 Å². The van der Waals surface area contributed by atoms with Crippen molar-refractivity contribution in [3.63, 3.8) is 0 Å². The van der Waals surface area contributed by atoms with Crippen LogP contribution in [0.5, 0.6) is 0 Å². The molecule has 0 aliphatic rings. The van der Waals surface area contributed by atoms with Gasteiger partial charge in [0.15, 0.2) is 0 Å². The minimum atomic E-state index is -0.0244. The first kappa shape index (κ1) is 9.23. The Hall–Kier alpha value is -0.860. The van der Waals surface area contributed by atoms with Gasteiger partial charge in [-0.15, -0.1) is 0 Å². The molecule has 0 aromatic heterocycles. The summed E-state index contributed by atoms with van der Waals surface area (Å²) in [7, 11) is 0. The molecule has 66 valence electrons. The fourth-order valence-electron chi connectivity index (χ4n) is 1.36. The molecule has 2 nitrogen and oxygen atoms in total. The molecule has 4 N–H and O–H groups in total. The summed E-state index contributed by atoms with van der Waals surface area (Å²) < 4.78 is 0. The van der Waals surface area contributed by atoms with Crippen LogP contribution in [0.25, 0.3) is 0 Å². The van der Waals surface area contributed by atoms with Gasteiger partial charge in [0.05, 0.1) is 0 Å². The first-order valence-corrected chi connectivity index (χ1v) is 4.17. The van der Waals surface area contributed by atoms with Crippen molar-refractivity contribution in [2.45, 2.75) is 19.9 Å². The van der Waals surface area contributed by atoms with Crippen molar-refractivity contribution in [3.8, 4) is 0 Å². The van der Waals surface area contributed by atoms with Gasteiger partial charge in [-0.2, -0.15) is 0 Å². The third kappa shape index (κ3) is 2.06. The molecule has 1 atom stereocenters. The fraction of sp³-hybridized carbons (Fsp3) is 0.400. The molecule has 0 fully saturated rings. The van der Waals surface area contributed by atoms with Gasteiger partial charge in [0.25, 0.3) is 0 Å². The van der Waals surface area contributed by atoms with Gasteiger partial charge in [0.2, 0.25) is 0 Å². The Morgan fingerprint density at radius 3 is 2.08 bits per heavy atom. The molecule has 0 radical (unpaired) electrons. The molecule has 0 unspecified atom stereocenters. The van der Waals surface area contributed by atoms with Gasteiger partial charge in [0, 0.05) is 12.6 Å². The van der Waals surface area contributed by atoms with E-state index >= 15 is 0 Å². The molecule has 1 aromatic carbocycles. The quantitative estimate of drug-likeness (QED) is 0.691. The lowest BCUT2D eigenvalue weighted by atomic mass is 10.0. The zero-order valence-electron chi connectivity index (χ0n) is 7.67. The first-order chi connectivity index (χ1) is 5.63. The fourth-order valence-corrected chi connectivity index (χ4v) is 1.36. The topological polar surface area (TPSA) is 52.0 Å². The van der Waals surface area contributed by atoms with Gasteiger partial charge in [-0.1, -0.05) is 29.3 Å². The van der Waals surface area contributed by atoms with Crippen molar-refractivity contribution in [1.82, 2.24) is 0 Å². The zero-order valence-corrected chi connectivity index (χ0v) is 7.67. The molecule has 0 amide bonds. The molecule has 0 aliphatic heterocycles. The number of benzene rings is 1. The van der Waals surface area contributed by atoms with Crippen LogP contribution >= 0.6 is 0 Å². The van der Waals surface area contributed by atoms with Gasteiger partial charge < -0.3 is 11.5 Å². The number of rotatable bonds is 2. The Morgan fingerprint density at radius 2 is 1.67 bits per heavy atom. The summed E-state index contributed by atoms with van der Waals surface area (Å²) in [4.78, 5) is 0. The highest BCUT2D eigenvalue weighted by Gasteiger charge is 2.03. The maximum absolute atomic E-state index is 5.81. The van der Waals surface area contributed by atoms with Crippen LogP contribution in [0, 0.1) is 13.8 Å². The summed E-state index contributed by atoms with van der Waals surface area (Å²) in [6.45, 7) is 4.64. The second kappa shape index (κ2) is 3.70. The van der Waals surface area contributed by atoms with Gasteiger partial charge in [-0.05, 0) is 19.4 Å². The molecular formula is C10H16N2. The Balaban J connectivity index is 3.00. The van der Waals surface area contributed by atoms with Crippen LogP contribution in [0.1, 0.15) is 22.7 Å². The largest absolute Gasteiger partial charge is 0.329 e. The zero-order chi connectivity index (χ0) is 9.14. The lowest BCUT2D eigenvalue weighted by Crippen LogP contribution is -2.20. The van der Waals surface area contributed by atoms with Crippen LogP contribution < -0.4 is 11.5 Å². The Morgan fingerprint density at radius 1 is 1.17 bits per heavy atom. The molecule has 0 saturated carbocycles. The molecule has 0 spiro atoms. The van der Waals surface area contributed by atoms with Crippen LogP contribution in [0.15, 0.2) is 18.2 Å². The third-order valence-corrected chi connectivity index (χ3v) is 1.93. The van der Waals surface area contributed by atoms with E-state index in [0.29, 0.717) is 6.54 Å². The summed E-state index contributed by atoms with van der Waals surface area (Å²) in [5.74, 6) is 0. The van der Waals surface area contributed by atoms with Crippen LogP contribution in [0.2, 0.25) is 0 Å². The van der Waals surface area contributed by atoms with E-state index in [4.69, 9.17) is 11.5 Å². The van der Waals surface area contributed by atoms with E-state index in [-0.39, 0.29) is 6.04 Å². The molecule has 0 saturated heterocycles. The molecule has 0 heterocycles. The van der Waals surface area contributed by atoms with Crippen LogP contribution in [0.4, 0.5) is 0 Å². The van der Waals surface area contributed by atoms with E-state index < -0.39 is 0 Å². The summed E-state index contributed by atoms with van der Waals surface area (Å²) in [6, 6.07) is 6.28. The monoisotopic (exact) mass is 164 g/mol. The highest BCUT2D eigenvalue weighted by Crippen LogP contribution is 2.13. The highest BCUT2D eigenvalue weighted by atomic mass is 14.7. The summed E-state index contributed by atoms with van der Waals surface area (Å²) in [5.41, 5.74) is 14.9. The Labute approximate surface area is 73.6 Å². The first-order valence-electron chi connectivity index (χ1n) is 4.17. The van der Waals surface area contributed by atoms with Crippen molar-refractivity contribution in [2.75, 3.05) is 6.54 Å². The second-order valence-electron chi connectivity index (χ2n) is 3.26. The molecule has 1 rings (SSSR count). The van der Waals surface area contributed by atoms with E-state index in [1.807, 2.05) is 0 Å². The lowest BCUT2D eigenvalue weighted by Gasteiger charge is -2.10. The smallest absolute Gasteiger partial charge is 0.0419 e.